The van der Waals surface area contributed by atoms with Crippen molar-refractivity contribution in [1.29, 1.82) is 0 Å². The summed E-state index contributed by atoms with van der Waals surface area (Å²) in [5, 5.41) is 12.3. The van der Waals surface area contributed by atoms with E-state index in [-0.39, 0.29) is 12.5 Å². The highest BCUT2D eigenvalue weighted by Gasteiger charge is 2.47. The van der Waals surface area contributed by atoms with Gasteiger partial charge in [0.25, 0.3) is 0 Å². The van der Waals surface area contributed by atoms with E-state index in [2.05, 4.69) is 5.32 Å². The second kappa shape index (κ2) is 6.76. The van der Waals surface area contributed by atoms with Crippen molar-refractivity contribution in [3.63, 3.8) is 0 Å². The standard InChI is InChI=1S/C13H23F3N2O2/c1-17-12(11(19)20)6-3-4-10(12)5-8-18(2)9-7-13(14,15)16/h10,17H,3-9H2,1-2H3,(H,19,20). The topological polar surface area (TPSA) is 52.6 Å². The Balaban J connectivity index is 2.46. The van der Waals surface area contributed by atoms with Crippen LogP contribution in [0.1, 0.15) is 32.1 Å². The summed E-state index contributed by atoms with van der Waals surface area (Å²) in [7, 11) is 3.28. The van der Waals surface area contributed by atoms with E-state index in [0.717, 1.165) is 12.8 Å². The zero-order chi connectivity index (χ0) is 15.4. The number of carbonyl (C=O) groups is 1. The number of carboxylic acid groups (broad SMARTS) is 1. The summed E-state index contributed by atoms with van der Waals surface area (Å²) in [6, 6.07) is 0. The van der Waals surface area contributed by atoms with Crippen LogP contribution in [0, 0.1) is 5.92 Å². The highest BCUT2D eigenvalue weighted by Crippen LogP contribution is 2.38. The van der Waals surface area contributed by atoms with E-state index >= 15 is 0 Å². The van der Waals surface area contributed by atoms with E-state index in [9.17, 15) is 23.1 Å². The van der Waals surface area contributed by atoms with Crippen molar-refractivity contribution in [3.8, 4) is 0 Å². The van der Waals surface area contributed by atoms with Gasteiger partial charge in [0.15, 0.2) is 0 Å². The van der Waals surface area contributed by atoms with Gasteiger partial charge in [-0.3, -0.25) is 4.79 Å². The molecule has 0 spiro atoms. The zero-order valence-corrected chi connectivity index (χ0v) is 12.0. The molecule has 0 bridgehead atoms. The van der Waals surface area contributed by atoms with Crippen molar-refractivity contribution in [2.75, 3.05) is 27.2 Å². The van der Waals surface area contributed by atoms with Crippen LogP contribution >= 0.6 is 0 Å². The van der Waals surface area contributed by atoms with Crippen molar-refractivity contribution in [2.24, 2.45) is 5.92 Å². The molecule has 2 N–H and O–H groups in total. The van der Waals surface area contributed by atoms with Crippen molar-refractivity contribution < 1.29 is 23.1 Å². The molecule has 0 aromatic carbocycles. The van der Waals surface area contributed by atoms with Gasteiger partial charge in [0.05, 0.1) is 6.42 Å². The van der Waals surface area contributed by atoms with Crippen LogP contribution in [-0.4, -0.2) is 54.9 Å². The van der Waals surface area contributed by atoms with Crippen LogP contribution in [0.5, 0.6) is 0 Å². The maximum absolute atomic E-state index is 12.1. The van der Waals surface area contributed by atoms with Crippen LogP contribution in [0.3, 0.4) is 0 Å². The lowest BCUT2D eigenvalue weighted by Crippen LogP contribution is -2.53. The van der Waals surface area contributed by atoms with E-state index in [1.54, 1.807) is 19.0 Å². The molecule has 7 heteroatoms. The maximum atomic E-state index is 12.1. The third kappa shape index (κ3) is 4.34. The van der Waals surface area contributed by atoms with E-state index < -0.39 is 24.1 Å². The quantitative estimate of drug-likeness (QED) is 0.755. The highest BCUT2D eigenvalue weighted by atomic mass is 19.4. The first-order chi connectivity index (χ1) is 9.21. The molecule has 0 amide bonds. The third-order valence-corrected chi connectivity index (χ3v) is 4.28. The van der Waals surface area contributed by atoms with Crippen molar-refractivity contribution in [3.05, 3.63) is 0 Å². The molecule has 0 aromatic heterocycles. The molecule has 1 rings (SSSR count). The molecule has 0 aliphatic heterocycles. The number of hydrogen-bond donors (Lipinski definition) is 2. The summed E-state index contributed by atoms with van der Waals surface area (Å²) in [4.78, 5) is 13.1. The Morgan fingerprint density at radius 2 is 2.10 bits per heavy atom. The Morgan fingerprint density at radius 3 is 2.60 bits per heavy atom. The molecule has 1 aliphatic carbocycles. The molecule has 1 saturated carbocycles. The number of halogens is 3. The maximum Gasteiger partial charge on any atom is 0.390 e. The third-order valence-electron chi connectivity index (χ3n) is 4.28. The Kier molecular flexibility index (Phi) is 5.82. The summed E-state index contributed by atoms with van der Waals surface area (Å²) in [5.74, 6) is -0.890. The lowest BCUT2D eigenvalue weighted by Gasteiger charge is -2.32. The van der Waals surface area contributed by atoms with Gasteiger partial charge >= 0.3 is 12.1 Å². The largest absolute Gasteiger partial charge is 0.480 e. The predicted octanol–water partition coefficient (Wildman–Crippen LogP) is 2.10. The molecule has 1 fully saturated rings. The van der Waals surface area contributed by atoms with E-state index in [4.69, 9.17) is 0 Å². The fourth-order valence-corrected chi connectivity index (χ4v) is 2.99. The molecule has 4 nitrogen and oxygen atoms in total. The second-order valence-electron chi connectivity index (χ2n) is 5.57. The van der Waals surface area contributed by atoms with Gasteiger partial charge in [0.1, 0.15) is 5.54 Å². The van der Waals surface area contributed by atoms with Gasteiger partial charge in [0, 0.05) is 6.54 Å². The number of nitrogens with one attached hydrogen (secondary N) is 1. The molecule has 0 radical (unpaired) electrons. The fraction of sp³-hybridized carbons (Fsp3) is 0.923. The van der Waals surface area contributed by atoms with Gasteiger partial charge in [-0.15, -0.1) is 0 Å². The number of hydrogen-bond acceptors (Lipinski definition) is 3. The van der Waals surface area contributed by atoms with Gasteiger partial charge in [-0.25, -0.2) is 0 Å². The van der Waals surface area contributed by atoms with Crippen LogP contribution in [0.15, 0.2) is 0 Å². The van der Waals surface area contributed by atoms with Crippen molar-refractivity contribution in [1.82, 2.24) is 10.2 Å². The fourth-order valence-electron chi connectivity index (χ4n) is 2.99. The van der Waals surface area contributed by atoms with E-state index in [1.807, 2.05) is 0 Å². The smallest absolute Gasteiger partial charge is 0.390 e. The average molecular weight is 296 g/mol. The van der Waals surface area contributed by atoms with Crippen molar-refractivity contribution >= 4 is 5.97 Å². The first-order valence-corrected chi connectivity index (χ1v) is 6.89. The minimum Gasteiger partial charge on any atom is -0.480 e. The van der Waals surface area contributed by atoms with Crippen LogP contribution in [0.4, 0.5) is 13.2 Å². The zero-order valence-electron chi connectivity index (χ0n) is 12.0. The van der Waals surface area contributed by atoms with Crippen LogP contribution < -0.4 is 5.32 Å². The molecule has 20 heavy (non-hydrogen) atoms. The SMILES string of the molecule is CNC1(C(=O)O)CCCC1CCN(C)CCC(F)(F)F. The minimum atomic E-state index is -4.14. The highest BCUT2D eigenvalue weighted by molar-refractivity contribution is 5.79. The van der Waals surface area contributed by atoms with Crippen LogP contribution in [-0.2, 0) is 4.79 Å². The molecule has 0 heterocycles. The van der Waals surface area contributed by atoms with Crippen LogP contribution in [0.25, 0.3) is 0 Å². The van der Waals surface area contributed by atoms with E-state index in [0.29, 0.717) is 19.4 Å². The summed E-state index contributed by atoms with van der Waals surface area (Å²) < 4.78 is 36.4. The van der Waals surface area contributed by atoms with E-state index in [1.165, 1.54) is 0 Å². The Bertz CT molecular complexity index is 336. The number of aliphatic carboxylic acids is 1. The number of carboxylic acids is 1. The van der Waals surface area contributed by atoms with Gasteiger partial charge in [-0.2, -0.15) is 13.2 Å². The summed E-state index contributed by atoms with van der Waals surface area (Å²) in [6.45, 7) is 0.438. The lowest BCUT2D eigenvalue weighted by atomic mass is 9.84. The molecule has 118 valence electrons. The van der Waals surface area contributed by atoms with Crippen LogP contribution in [0.2, 0.25) is 0 Å². The van der Waals surface area contributed by atoms with Gasteiger partial charge in [-0.05, 0) is 45.8 Å². The van der Waals surface area contributed by atoms with Gasteiger partial charge in [0.2, 0.25) is 0 Å². The molecular formula is C13H23F3N2O2. The van der Waals surface area contributed by atoms with Gasteiger partial charge in [-0.1, -0.05) is 6.42 Å². The number of rotatable bonds is 7. The summed E-state index contributed by atoms with van der Waals surface area (Å²) in [5.41, 5.74) is -0.912. The molecular weight excluding hydrogens is 273 g/mol. The molecule has 1 aliphatic rings. The Hall–Kier alpha value is -0.820. The average Bonchev–Trinajstić information content (AvgIpc) is 2.77. The molecule has 2 unspecified atom stereocenters. The molecule has 2 atom stereocenters. The Labute approximate surface area is 117 Å². The summed E-state index contributed by atoms with van der Waals surface area (Å²) >= 11 is 0. The number of alkyl halides is 3. The molecule has 0 aromatic rings. The van der Waals surface area contributed by atoms with Gasteiger partial charge < -0.3 is 15.3 Å². The van der Waals surface area contributed by atoms with Crippen molar-refractivity contribution in [2.45, 2.75) is 43.8 Å². The normalized spacial score (nSPS) is 27.2. The Morgan fingerprint density at radius 1 is 1.45 bits per heavy atom. The summed E-state index contributed by atoms with van der Waals surface area (Å²) in [6.07, 6.45) is -2.15. The predicted molar refractivity (Wildman–Crippen MR) is 69.6 cm³/mol. The lowest BCUT2D eigenvalue weighted by molar-refractivity contribution is -0.146. The second-order valence-corrected chi connectivity index (χ2v) is 5.57. The monoisotopic (exact) mass is 296 g/mol. The minimum absolute atomic E-state index is 0.0293. The molecule has 0 saturated heterocycles. The number of nitrogens with zero attached hydrogens (tertiary/aromatic N) is 1. The first-order valence-electron chi connectivity index (χ1n) is 6.89. The first kappa shape index (κ1) is 17.2. The number of likely N-dealkylation sites (N-methyl/N-ethyl adjacent to an activating group) is 1.